The lowest BCUT2D eigenvalue weighted by Gasteiger charge is -2.11. The zero-order valence-corrected chi connectivity index (χ0v) is 10.3. The molecular weight excluding hydrogens is 224 g/mol. The molecule has 2 aromatic rings. The van der Waals surface area contributed by atoms with E-state index in [4.69, 9.17) is 15.9 Å². The second kappa shape index (κ2) is 5.36. The molecule has 0 unspecified atom stereocenters. The zero-order valence-electron chi connectivity index (χ0n) is 10.3. The van der Waals surface area contributed by atoms with Crippen molar-refractivity contribution in [2.75, 3.05) is 0 Å². The maximum Gasteiger partial charge on any atom is 0.130 e. The molecule has 0 radical (unpaired) electrons. The van der Waals surface area contributed by atoms with E-state index in [9.17, 15) is 0 Å². The van der Waals surface area contributed by atoms with E-state index in [1.54, 1.807) is 0 Å². The molecule has 0 amide bonds. The van der Waals surface area contributed by atoms with Crippen LogP contribution in [0, 0.1) is 12.3 Å². The minimum absolute atomic E-state index is 0.0294. The smallest absolute Gasteiger partial charge is 0.130 e. The molecule has 3 N–H and O–H groups in total. The largest absolute Gasteiger partial charge is 0.488 e. The monoisotopic (exact) mass is 240 g/mol. The van der Waals surface area contributed by atoms with Crippen LogP contribution in [-0.2, 0) is 6.61 Å². The normalized spacial score (nSPS) is 10.1. The number of nitrogen functional groups attached to an aromatic ring is 1. The zero-order chi connectivity index (χ0) is 13.0. The average molecular weight is 240 g/mol. The Balaban J connectivity index is 2.17. The van der Waals surface area contributed by atoms with E-state index in [0.29, 0.717) is 17.9 Å². The van der Waals surface area contributed by atoms with Gasteiger partial charge in [-0.3, -0.25) is 5.41 Å². The number of benzene rings is 2. The Morgan fingerprint density at radius 2 is 1.89 bits per heavy atom. The quantitative estimate of drug-likeness (QED) is 0.637. The second-order valence-electron chi connectivity index (χ2n) is 4.19. The van der Waals surface area contributed by atoms with E-state index in [0.717, 1.165) is 11.1 Å². The van der Waals surface area contributed by atoms with Gasteiger partial charge in [0.1, 0.15) is 18.2 Å². The van der Waals surface area contributed by atoms with Gasteiger partial charge in [0.2, 0.25) is 0 Å². The maximum absolute atomic E-state index is 7.55. The molecule has 0 saturated carbocycles. The summed E-state index contributed by atoms with van der Waals surface area (Å²) in [7, 11) is 0. The Bertz CT molecular complexity index is 550. The van der Waals surface area contributed by atoms with Gasteiger partial charge in [-0.25, -0.2) is 0 Å². The van der Waals surface area contributed by atoms with Gasteiger partial charge >= 0.3 is 0 Å². The maximum atomic E-state index is 7.55. The Morgan fingerprint density at radius 3 is 2.56 bits per heavy atom. The van der Waals surface area contributed by atoms with Crippen LogP contribution in [0.25, 0.3) is 0 Å². The topological polar surface area (TPSA) is 59.1 Å². The van der Waals surface area contributed by atoms with Gasteiger partial charge in [0.15, 0.2) is 0 Å². The summed E-state index contributed by atoms with van der Waals surface area (Å²) < 4.78 is 5.72. The van der Waals surface area contributed by atoms with Gasteiger partial charge < -0.3 is 10.5 Å². The third-order valence-electron chi connectivity index (χ3n) is 2.66. The van der Waals surface area contributed by atoms with Gasteiger partial charge in [-0.05, 0) is 24.6 Å². The van der Waals surface area contributed by atoms with Crippen molar-refractivity contribution in [2.24, 2.45) is 5.73 Å². The molecule has 3 heteroatoms. The van der Waals surface area contributed by atoms with Crippen LogP contribution >= 0.6 is 0 Å². The Labute approximate surface area is 107 Å². The summed E-state index contributed by atoms with van der Waals surface area (Å²) in [5.74, 6) is 0.679. The first-order valence-corrected chi connectivity index (χ1v) is 5.78. The SMILES string of the molecule is Cc1ccc(OCc2ccccc2)c(C(=N)N)c1. The van der Waals surface area contributed by atoms with Crippen LogP contribution in [0.3, 0.4) is 0 Å². The Hall–Kier alpha value is -2.29. The van der Waals surface area contributed by atoms with Crippen molar-refractivity contribution in [2.45, 2.75) is 13.5 Å². The van der Waals surface area contributed by atoms with Crippen molar-refractivity contribution in [1.82, 2.24) is 0 Å². The van der Waals surface area contributed by atoms with Crippen LogP contribution in [0.15, 0.2) is 48.5 Å². The van der Waals surface area contributed by atoms with Crippen LogP contribution in [0.5, 0.6) is 5.75 Å². The molecule has 92 valence electrons. The Kier molecular flexibility index (Phi) is 3.63. The number of rotatable bonds is 4. The van der Waals surface area contributed by atoms with E-state index in [-0.39, 0.29) is 5.84 Å². The molecular formula is C15H16N2O. The first kappa shape index (κ1) is 12.2. The molecule has 0 fully saturated rings. The van der Waals surface area contributed by atoms with Gasteiger partial charge in [0, 0.05) is 0 Å². The molecule has 0 aliphatic heterocycles. The van der Waals surface area contributed by atoms with E-state index >= 15 is 0 Å². The summed E-state index contributed by atoms with van der Waals surface area (Å²) in [5.41, 5.74) is 8.35. The van der Waals surface area contributed by atoms with Crippen LogP contribution in [-0.4, -0.2) is 5.84 Å². The predicted molar refractivity (Wildman–Crippen MR) is 73.0 cm³/mol. The molecule has 18 heavy (non-hydrogen) atoms. The van der Waals surface area contributed by atoms with E-state index in [1.165, 1.54) is 0 Å². The standard InChI is InChI=1S/C15H16N2O/c1-11-7-8-14(13(9-11)15(16)17)18-10-12-5-3-2-4-6-12/h2-9H,10H2,1H3,(H3,16,17). The summed E-state index contributed by atoms with van der Waals surface area (Å²) in [6, 6.07) is 15.6. The van der Waals surface area contributed by atoms with Crippen molar-refractivity contribution < 1.29 is 4.74 Å². The fraction of sp³-hybridized carbons (Fsp3) is 0.133. The molecule has 3 nitrogen and oxygen atoms in total. The van der Waals surface area contributed by atoms with Crippen molar-refractivity contribution >= 4 is 5.84 Å². The summed E-state index contributed by atoms with van der Waals surface area (Å²) in [6.45, 7) is 2.44. The van der Waals surface area contributed by atoms with Gasteiger partial charge in [0.25, 0.3) is 0 Å². The third kappa shape index (κ3) is 2.88. The van der Waals surface area contributed by atoms with Crippen LogP contribution in [0.2, 0.25) is 0 Å². The lowest BCUT2D eigenvalue weighted by molar-refractivity contribution is 0.305. The first-order valence-electron chi connectivity index (χ1n) is 5.78. The minimum Gasteiger partial charge on any atom is -0.488 e. The van der Waals surface area contributed by atoms with Crippen molar-refractivity contribution in [3.63, 3.8) is 0 Å². The number of hydrogen-bond acceptors (Lipinski definition) is 2. The van der Waals surface area contributed by atoms with Crippen LogP contribution < -0.4 is 10.5 Å². The highest BCUT2D eigenvalue weighted by Gasteiger charge is 2.07. The lowest BCUT2D eigenvalue weighted by atomic mass is 10.1. The Morgan fingerprint density at radius 1 is 1.17 bits per heavy atom. The number of aryl methyl sites for hydroxylation is 1. The second-order valence-corrected chi connectivity index (χ2v) is 4.19. The summed E-state index contributed by atoms with van der Waals surface area (Å²) in [4.78, 5) is 0. The van der Waals surface area contributed by atoms with E-state index in [2.05, 4.69) is 0 Å². The summed E-state index contributed by atoms with van der Waals surface area (Å²) in [5, 5.41) is 7.55. The van der Waals surface area contributed by atoms with E-state index < -0.39 is 0 Å². The number of hydrogen-bond donors (Lipinski definition) is 2. The molecule has 2 aromatic carbocycles. The fourth-order valence-electron chi connectivity index (χ4n) is 1.72. The van der Waals surface area contributed by atoms with Gasteiger partial charge in [-0.15, -0.1) is 0 Å². The molecule has 0 atom stereocenters. The minimum atomic E-state index is 0.0294. The fourth-order valence-corrected chi connectivity index (χ4v) is 1.72. The lowest BCUT2D eigenvalue weighted by Crippen LogP contribution is -2.13. The molecule has 0 aliphatic rings. The molecule has 0 aromatic heterocycles. The number of amidine groups is 1. The van der Waals surface area contributed by atoms with Crippen LogP contribution in [0.4, 0.5) is 0 Å². The van der Waals surface area contributed by atoms with E-state index in [1.807, 2.05) is 55.5 Å². The highest BCUT2D eigenvalue weighted by molar-refractivity contribution is 5.97. The van der Waals surface area contributed by atoms with Gasteiger partial charge in [-0.2, -0.15) is 0 Å². The summed E-state index contributed by atoms with van der Waals surface area (Å²) in [6.07, 6.45) is 0. The predicted octanol–water partition coefficient (Wildman–Crippen LogP) is 2.86. The van der Waals surface area contributed by atoms with Crippen molar-refractivity contribution in [3.05, 3.63) is 65.2 Å². The molecule has 2 rings (SSSR count). The summed E-state index contributed by atoms with van der Waals surface area (Å²) >= 11 is 0. The molecule has 0 heterocycles. The number of nitrogens with two attached hydrogens (primary N) is 1. The first-order chi connectivity index (χ1) is 8.66. The van der Waals surface area contributed by atoms with Crippen LogP contribution in [0.1, 0.15) is 16.7 Å². The molecule has 0 saturated heterocycles. The molecule has 0 spiro atoms. The number of nitrogens with one attached hydrogen (secondary N) is 1. The highest BCUT2D eigenvalue weighted by atomic mass is 16.5. The third-order valence-corrected chi connectivity index (χ3v) is 2.66. The number of ether oxygens (including phenoxy) is 1. The van der Waals surface area contributed by atoms with Crippen molar-refractivity contribution in [1.29, 1.82) is 5.41 Å². The average Bonchev–Trinajstić information content (AvgIpc) is 2.38. The van der Waals surface area contributed by atoms with Crippen molar-refractivity contribution in [3.8, 4) is 5.75 Å². The molecule has 0 bridgehead atoms. The van der Waals surface area contributed by atoms with Gasteiger partial charge in [-0.1, -0.05) is 42.0 Å². The highest BCUT2D eigenvalue weighted by Crippen LogP contribution is 2.20. The van der Waals surface area contributed by atoms with Gasteiger partial charge in [0.05, 0.1) is 5.56 Å². The molecule has 0 aliphatic carbocycles.